The van der Waals surface area contributed by atoms with Crippen LogP contribution in [-0.2, 0) is 9.59 Å². The molecule has 116 valence electrons. The molecule has 0 aliphatic carbocycles. The molecule has 0 rings (SSSR count). The third-order valence-electron chi connectivity index (χ3n) is 3.47. The highest BCUT2D eigenvalue weighted by atomic mass is 16.1. The first kappa shape index (κ1) is 19.1. The van der Waals surface area contributed by atoms with Crippen molar-refractivity contribution in [1.29, 1.82) is 0 Å². The lowest BCUT2D eigenvalue weighted by molar-refractivity contribution is -0.123. The third kappa shape index (κ3) is 15.1. The van der Waals surface area contributed by atoms with E-state index in [0.717, 1.165) is 12.8 Å². The van der Waals surface area contributed by atoms with Crippen molar-refractivity contribution in [2.45, 2.75) is 90.9 Å². The van der Waals surface area contributed by atoms with Gasteiger partial charge in [-0.3, -0.25) is 4.79 Å². The summed E-state index contributed by atoms with van der Waals surface area (Å²) < 4.78 is 0. The largest absolute Gasteiger partial charge is 0.300 e. The van der Waals surface area contributed by atoms with E-state index in [-0.39, 0.29) is 11.6 Å². The molecule has 0 saturated carbocycles. The Balaban J connectivity index is 3.27. The van der Waals surface area contributed by atoms with Gasteiger partial charge in [0, 0.05) is 19.3 Å². The minimum Gasteiger partial charge on any atom is -0.300 e. The molecule has 0 heterocycles. The zero-order valence-electron chi connectivity index (χ0n) is 13.5. The monoisotopic (exact) mass is 280 g/mol. The Bertz CT molecular complexity index is 279. The highest BCUT2D eigenvalue weighted by Crippen LogP contribution is 2.08. The molecule has 0 bridgehead atoms. The molecule has 2 heteroatoms. The SMILES string of the molecule is CCCCCCCCC=CCCCC(=O)CCC(C)=O. The maximum absolute atomic E-state index is 11.4. The van der Waals surface area contributed by atoms with E-state index in [4.69, 9.17) is 0 Å². The van der Waals surface area contributed by atoms with Gasteiger partial charge in [-0.25, -0.2) is 0 Å². The van der Waals surface area contributed by atoms with Gasteiger partial charge >= 0.3 is 0 Å². The molecule has 0 amide bonds. The fourth-order valence-corrected chi connectivity index (χ4v) is 2.14. The second-order valence-electron chi connectivity index (χ2n) is 5.66. The number of carbonyl (C=O) groups is 2. The number of carbonyl (C=O) groups excluding carboxylic acids is 2. The summed E-state index contributed by atoms with van der Waals surface area (Å²) in [6.07, 6.45) is 17.0. The van der Waals surface area contributed by atoms with E-state index >= 15 is 0 Å². The molecule has 0 aliphatic heterocycles. The van der Waals surface area contributed by atoms with Gasteiger partial charge in [-0.1, -0.05) is 51.2 Å². The van der Waals surface area contributed by atoms with Gasteiger partial charge in [0.05, 0.1) is 0 Å². The molecular formula is C18H32O2. The molecule has 20 heavy (non-hydrogen) atoms. The Hall–Kier alpha value is -0.920. The predicted octanol–water partition coefficient (Wildman–Crippen LogP) is 5.40. The minimum atomic E-state index is 0.109. The van der Waals surface area contributed by atoms with Crippen molar-refractivity contribution in [1.82, 2.24) is 0 Å². The van der Waals surface area contributed by atoms with Crippen molar-refractivity contribution in [3.05, 3.63) is 12.2 Å². The van der Waals surface area contributed by atoms with E-state index in [0.29, 0.717) is 19.3 Å². The van der Waals surface area contributed by atoms with Gasteiger partial charge in [0.1, 0.15) is 11.6 Å². The van der Waals surface area contributed by atoms with Crippen molar-refractivity contribution in [2.75, 3.05) is 0 Å². The minimum absolute atomic E-state index is 0.109. The number of rotatable bonds is 14. The van der Waals surface area contributed by atoms with Crippen LogP contribution in [0.2, 0.25) is 0 Å². The molecule has 0 aliphatic rings. The number of hydrogen-bond donors (Lipinski definition) is 0. The fourth-order valence-electron chi connectivity index (χ4n) is 2.14. The Morgan fingerprint density at radius 3 is 2.00 bits per heavy atom. The van der Waals surface area contributed by atoms with Gasteiger partial charge in [0.2, 0.25) is 0 Å². The summed E-state index contributed by atoms with van der Waals surface area (Å²) in [4.78, 5) is 22.2. The van der Waals surface area contributed by atoms with Crippen LogP contribution in [-0.4, -0.2) is 11.6 Å². The highest BCUT2D eigenvalue weighted by Gasteiger charge is 2.02. The summed E-state index contributed by atoms with van der Waals surface area (Å²) >= 11 is 0. The molecule has 0 atom stereocenters. The van der Waals surface area contributed by atoms with Gasteiger partial charge in [0.15, 0.2) is 0 Å². The zero-order chi connectivity index (χ0) is 15.1. The Kier molecular flexibility index (Phi) is 13.8. The molecule has 0 N–H and O–H groups in total. The summed E-state index contributed by atoms with van der Waals surface area (Å²) in [5.41, 5.74) is 0. The van der Waals surface area contributed by atoms with Crippen molar-refractivity contribution < 1.29 is 9.59 Å². The highest BCUT2D eigenvalue weighted by molar-refractivity contribution is 5.84. The van der Waals surface area contributed by atoms with Crippen LogP contribution in [0.3, 0.4) is 0 Å². The summed E-state index contributed by atoms with van der Waals surface area (Å²) in [6.45, 7) is 3.78. The number of unbranched alkanes of at least 4 members (excludes halogenated alkanes) is 7. The first-order chi connectivity index (χ1) is 9.66. The second-order valence-corrected chi connectivity index (χ2v) is 5.66. The average Bonchev–Trinajstić information content (AvgIpc) is 2.42. The maximum atomic E-state index is 11.4. The van der Waals surface area contributed by atoms with E-state index in [1.54, 1.807) is 0 Å². The summed E-state index contributed by atoms with van der Waals surface area (Å²) in [6, 6.07) is 0. The van der Waals surface area contributed by atoms with Crippen molar-refractivity contribution in [3.8, 4) is 0 Å². The topological polar surface area (TPSA) is 34.1 Å². The lowest BCUT2D eigenvalue weighted by Gasteiger charge is -1.98. The van der Waals surface area contributed by atoms with Gasteiger partial charge in [0.25, 0.3) is 0 Å². The first-order valence-electron chi connectivity index (χ1n) is 8.33. The van der Waals surface area contributed by atoms with Crippen LogP contribution in [0, 0.1) is 0 Å². The zero-order valence-corrected chi connectivity index (χ0v) is 13.5. The van der Waals surface area contributed by atoms with Gasteiger partial charge in [-0.2, -0.15) is 0 Å². The van der Waals surface area contributed by atoms with Crippen molar-refractivity contribution in [3.63, 3.8) is 0 Å². The summed E-state index contributed by atoms with van der Waals surface area (Å²) in [7, 11) is 0. The molecule has 0 fully saturated rings. The second kappa shape index (κ2) is 14.5. The summed E-state index contributed by atoms with van der Waals surface area (Å²) in [5, 5.41) is 0. The fraction of sp³-hybridized carbons (Fsp3) is 0.778. The van der Waals surface area contributed by atoms with Crippen molar-refractivity contribution >= 4 is 11.6 Å². The van der Waals surface area contributed by atoms with Crippen LogP contribution in [0.5, 0.6) is 0 Å². The van der Waals surface area contributed by atoms with Gasteiger partial charge in [-0.15, -0.1) is 0 Å². The number of allylic oxidation sites excluding steroid dienone is 2. The maximum Gasteiger partial charge on any atom is 0.133 e. The first-order valence-corrected chi connectivity index (χ1v) is 8.33. The number of ketones is 2. The third-order valence-corrected chi connectivity index (χ3v) is 3.47. The summed E-state index contributed by atoms with van der Waals surface area (Å²) in [5.74, 6) is 0.335. The number of Topliss-reactive ketones (excluding diaryl/α,β-unsaturated/α-hetero) is 2. The van der Waals surface area contributed by atoms with Crippen LogP contribution >= 0.6 is 0 Å². The van der Waals surface area contributed by atoms with Crippen LogP contribution in [0.1, 0.15) is 90.9 Å². The Morgan fingerprint density at radius 1 is 0.750 bits per heavy atom. The Morgan fingerprint density at radius 2 is 1.35 bits per heavy atom. The quantitative estimate of drug-likeness (QED) is 0.315. The molecule has 0 radical (unpaired) electrons. The standard InChI is InChI=1S/C18H32O2/c1-3-4-5-6-7-8-9-10-11-12-13-14-18(20)16-15-17(2)19/h10-11H,3-9,12-16H2,1-2H3. The molecular weight excluding hydrogens is 248 g/mol. The van der Waals surface area contributed by atoms with Gasteiger partial charge in [-0.05, 0) is 32.6 Å². The van der Waals surface area contributed by atoms with Crippen LogP contribution in [0.25, 0.3) is 0 Å². The lowest BCUT2D eigenvalue weighted by Crippen LogP contribution is -2.00. The van der Waals surface area contributed by atoms with E-state index in [9.17, 15) is 9.59 Å². The molecule has 0 spiro atoms. The molecule has 0 aromatic rings. The van der Waals surface area contributed by atoms with E-state index < -0.39 is 0 Å². The van der Waals surface area contributed by atoms with Crippen molar-refractivity contribution in [2.24, 2.45) is 0 Å². The number of hydrogen-bond acceptors (Lipinski definition) is 2. The molecule has 0 aromatic carbocycles. The van der Waals surface area contributed by atoms with Crippen LogP contribution in [0.15, 0.2) is 12.2 Å². The van der Waals surface area contributed by atoms with Gasteiger partial charge < -0.3 is 4.79 Å². The molecule has 2 nitrogen and oxygen atoms in total. The average molecular weight is 280 g/mol. The predicted molar refractivity (Wildman–Crippen MR) is 85.9 cm³/mol. The smallest absolute Gasteiger partial charge is 0.133 e. The Labute approximate surface area is 125 Å². The van der Waals surface area contributed by atoms with E-state index in [1.807, 2.05) is 0 Å². The van der Waals surface area contributed by atoms with E-state index in [1.165, 1.54) is 51.9 Å². The van der Waals surface area contributed by atoms with E-state index in [2.05, 4.69) is 19.1 Å². The molecule has 0 unspecified atom stereocenters. The molecule has 0 saturated heterocycles. The normalized spacial score (nSPS) is 11.1. The van der Waals surface area contributed by atoms with Crippen LogP contribution in [0.4, 0.5) is 0 Å². The molecule has 0 aromatic heterocycles. The lowest BCUT2D eigenvalue weighted by atomic mass is 10.1. The van der Waals surface area contributed by atoms with Crippen LogP contribution < -0.4 is 0 Å².